The highest BCUT2D eigenvalue weighted by atomic mass is 35.5. The molecule has 0 bridgehead atoms. The Morgan fingerprint density at radius 1 is 1.14 bits per heavy atom. The summed E-state index contributed by atoms with van der Waals surface area (Å²) in [6, 6.07) is 2.63. The maximum atomic E-state index is 6.44. The molecule has 6 heteroatoms. The molecule has 122 valence electrons. The van der Waals surface area contributed by atoms with Crippen LogP contribution in [0.1, 0.15) is 43.0 Å². The lowest BCUT2D eigenvalue weighted by Gasteiger charge is -2.40. The third-order valence-electron chi connectivity index (χ3n) is 4.55. The van der Waals surface area contributed by atoms with Crippen LogP contribution < -0.4 is 5.32 Å². The van der Waals surface area contributed by atoms with Crippen molar-refractivity contribution in [1.29, 1.82) is 0 Å². The van der Waals surface area contributed by atoms with Crippen LogP contribution in [0, 0.1) is 5.92 Å². The van der Waals surface area contributed by atoms with Gasteiger partial charge in [0.05, 0.1) is 5.02 Å². The van der Waals surface area contributed by atoms with E-state index in [1.165, 1.54) is 37.0 Å². The summed E-state index contributed by atoms with van der Waals surface area (Å²) in [6.07, 6.45) is 6.97. The van der Waals surface area contributed by atoms with Crippen LogP contribution in [0.3, 0.4) is 0 Å². The molecule has 0 unspecified atom stereocenters. The Bertz CT molecular complexity index is 383. The number of piperazine rings is 1. The minimum atomic E-state index is 0. The van der Waals surface area contributed by atoms with Crippen molar-refractivity contribution in [3.05, 3.63) is 21.3 Å². The van der Waals surface area contributed by atoms with Crippen LogP contribution in [-0.4, -0.2) is 31.1 Å². The molecule has 0 aromatic carbocycles. The normalized spacial score (nSPS) is 22.1. The summed E-state index contributed by atoms with van der Waals surface area (Å²) >= 11 is 8.29. The van der Waals surface area contributed by atoms with Gasteiger partial charge in [0.2, 0.25) is 0 Å². The molecule has 0 radical (unpaired) electrons. The quantitative estimate of drug-likeness (QED) is 0.823. The number of halogens is 3. The summed E-state index contributed by atoms with van der Waals surface area (Å²) in [5.74, 6) is 0.808. The van der Waals surface area contributed by atoms with Crippen molar-refractivity contribution in [1.82, 2.24) is 10.2 Å². The Hall–Kier alpha value is 0.490. The predicted octanol–water partition coefficient (Wildman–Crippen LogP) is 4.77. The van der Waals surface area contributed by atoms with Gasteiger partial charge in [0.15, 0.2) is 0 Å². The molecule has 2 fully saturated rings. The Labute approximate surface area is 149 Å². The number of nitrogens with one attached hydrogen (secondary N) is 1. The van der Waals surface area contributed by atoms with E-state index in [0.29, 0.717) is 6.04 Å². The zero-order chi connectivity index (χ0) is 13.1. The zero-order valence-electron chi connectivity index (χ0n) is 12.2. The van der Waals surface area contributed by atoms with Gasteiger partial charge < -0.3 is 5.32 Å². The van der Waals surface area contributed by atoms with Crippen LogP contribution in [-0.2, 0) is 0 Å². The first-order chi connectivity index (χ1) is 9.36. The molecule has 3 rings (SSSR count). The van der Waals surface area contributed by atoms with E-state index in [2.05, 4.69) is 21.7 Å². The van der Waals surface area contributed by atoms with Gasteiger partial charge in [-0.1, -0.05) is 30.9 Å². The second kappa shape index (κ2) is 9.59. The molecule has 2 heterocycles. The number of rotatable bonds is 3. The lowest BCUT2D eigenvalue weighted by molar-refractivity contribution is 0.106. The Morgan fingerprint density at radius 3 is 2.38 bits per heavy atom. The predicted molar refractivity (Wildman–Crippen MR) is 97.6 cm³/mol. The summed E-state index contributed by atoms with van der Waals surface area (Å²) in [5.41, 5.74) is 0. The first kappa shape index (κ1) is 19.5. The fraction of sp³-hybridized carbons (Fsp3) is 0.733. The molecule has 1 saturated carbocycles. The highest BCUT2D eigenvalue weighted by Crippen LogP contribution is 2.43. The molecule has 1 atom stereocenters. The average Bonchev–Trinajstić information content (AvgIpc) is 2.88. The summed E-state index contributed by atoms with van der Waals surface area (Å²) in [4.78, 5) is 4.08. The zero-order valence-corrected chi connectivity index (χ0v) is 15.4. The fourth-order valence-electron chi connectivity index (χ4n) is 3.60. The first-order valence-corrected chi connectivity index (χ1v) is 8.79. The molecular formula is C15H25Cl3N2S. The van der Waals surface area contributed by atoms with E-state index in [0.717, 1.165) is 37.1 Å². The van der Waals surface area contributed by atoms with Crippen molar-refractivity contribution in [2.45, 2.75) is 38.1 Å². The van der Waals surface area contributed by atoms with E-state index in [9.17, 15) is 0 Å². The molecule has 1 saturated heterocycles. The molecule has 1 aliphatic carbocycles. The molecule has 2 aliphatic rings. The average molecular weight is 372 g/mol. The molecule has 1 aromatic heterocycles. The molecule has 1 N–H and O–H groups in total. The number of nitrogens with zero attached hydrogens (tertiary/aromatic N) is 1. The van der Waals surface area contributed by atoms with Gasteiger partial charge in [-0.3, -0.25) is 4.90 Å². The van der Waals surface area contributed by atoms with Crippen LogP contribution in [0.15, 0.2) is 11.4 Å². The van der Waals surface area contributed by atoms with E-state index >= 15 is 0 Å². The summed E-state index contributed by atoms with van der Waals surface area (Å²) < 4.78 is 0. The smallest absolute Gasteiger partial charge is 0.0561 e. The summed E-state index contributed by atoms with van der Waals surface area (Å²) in [5, 5.41) is 6.59. The van der Waals surface area contributed by atoms with Gasteiger partial charge in [-0.05, 0) is 30.2 Å². The standard InChI is InChI=1S/C15H23ClN2S.2ClH/c16-13-6-11-19-15(13)14(12-4-2-1-3-5-12)18-9-7-17-8-10-18;;/h6,11-12,14,17H,1-5,7-10H2;2*1H/t14-;;/m0../s1. The van der Waals surface area contributed by atoms with Crippen molar-refractivity contribution in [3.63, 3.8) is 0 Å². The van der Waals surface area contributed by atoms with Crippen molar-refractivity contribution in [2.24, 2.45) is 5.92 Å². The number of hydrogen-bond donors (Lipinski definition) is 1. The highest BCUT2D eigenvalue weighted by Gasteiger charge is 2.32. The molecule has 2 nitrogen and oxygen atoms in total. The van der Waals surface area contributed by atoms with Gasteiger partial charge in [0.25, 0.3) is 0 Å². The van der Waals surface area contributed by atoms with E-state index in [-0.39, 0.29) is 24.8 Å². The number of hydrogen-bond acceptors (Lipinski definition) is 3. The van der Waals surface area contributed by atoms with Crippen molar-refractivity contribution in [2.75, 3.05) is 26.2 Å². The van der Waals surface area contributed by atoms with Gasteiger partial charge in [-0.25, -0.2) is 0 Å². The molecule has 0 amide bonds. The monoisotopic (exact) mass is 370 g/mol. The van der Waals surface area contributed by atoms with Crippen LogP contribution in [0.2, 0.25) is 5.02 Å². The SMILES string of the molecule is Cl.Cl.Clc1ccsc1[C@H](C1CCCCC1)N1CCNCC1. The lowest BCUT2D eigenvalue weighted by atomic mass is 9.82. The minimum Gasteiger partial charge on any atom is -0.314 e. The molecule has 21 heavy (non-hydrogen) atoms. The third-order valence-corrected chi connectivity index (χ3v) is 5.98. The van der Waals surface area contributed by atoms with Crippen molar-refractivity contribution in [3.8, 4) is 0 Å². The number of thiophene rings is 1. The van der Waals surface area contributed by atoms with Gasteiger partial charge in [-0.2, -0.15) is 0 Å². The van der Waals surface area contributed by atoms with Crippen LogP contribution >= 0.6 is 47.8 Å². The van der Waals surface area contributed by atoms with E-state index in [1.54, 1.807) is 0 Å². The molecular weight excluding hydrogens is 347 g/mol. The Balaban J connectivity index is 0.00000110. The van der Waals surface area contributed by atoms with Crippen molar-refractivity contribution < 1.29 is 0 Å². The van der Waals surface area contributed by atoms with Crippen LogP contribution in [0.25, 0.3) is 0 Å². The third kappa shape index (κ3) is 4.73. The largest absolute Gasteiger partial charge is 0.314 e. The van der Waals surface area contributed by atoms with Gasteiger partial charge in [-0.15, -0.1) is 36.2 Å². The second-order valence-electron chi connectivity index (χ2n) is 5.76. The van der Waals surface area contributed by atoms with Crippen LogP contribution in [0.4, 0.5) is 0 Å². The van der Waals surface area contributed by atoms with Gasteiger partial charge >= 0.3 is 0 Å². The van der Waals surface area contributed by atoms with E-state index in [4.69, 9.17) is 11.6 Å². The Kier molecular flexibility index (Phi) is 8.92. The van der Waals surface area contributed by atoms with Gasteiger partial charge in [0.1, 0.15) is 0 Å². The summed E-state index contributed by atoms with van der Waals surface area (Å²) in [6.45, 7) is 4.56. The molecule has 0 spiro atoms. The second-order valence-corrected chi connectivity index (χ2v) is 7.12. The molecule has 1 aromatic rings. The lowest BCUT2D eigenvalue weighted by Crippen LogP contribution is -2.47. The Morgan fingerprint density at radius 2 is 1.81 bits per heavy atom. The first-order valence-electron chi connectivity index (χ1n) is 7.54. The minimum absolute atomic E-state index is 0. The maximum absolute atomic E-state index is 6.44. The van der Waals surface area contributed by atoms with E-state index in [1.807, 2.05) is 11.3 Å². The topological polar surface area (TPSA) is 15.3 Å². The molecule has 1 aliphatic heterocycles. The highest BCUT2D eigenvalue weighted by molar-refractivity contribution is 7.10. The maximum Gasteiger partial charge on any atom is 0.0561 e. The summed E-state index contributed by atoms with van der Waals surface area (Å²) in [7, 11) is 0. The van der Waals surface area contributed by atoms with Crippen LogP contribution in [0.5, 0.6) is 0 Å². The fourth-order valence-corrected chi connectivity index (χ4v) is 5.00. The van der Waals surface area contributed by atoms with Crippen molar-refractivity contribution >= 4 is 47.8 Å². The van der Waals surface area contributed by atoms with E-state index < -0.39 is 0 Å². The van der Waals surface area contributed by atoms with Gasteiger partial charge in [0, 0.05) is 37.1 Å².